The SMILES string of the molecule is CCOC(CCCCCCc1cc(C(F)(F)F)cc(C(F)(F)F)c1)(O[SiH3])OCC. The van der Waals surface area contributed by atoms with E-state index in [4.69, 9.17) is 13.9 Å². The largest absolute Gasteiger partial charge is 0.416 e. The fraction of sp³-hybridized carbons (Fsp3) is 0.684. The molecule has 0 bridgehead atoms. The summed E-state index contributed by atoms with van der Waals surface area (Å²) in [7, 11) is 0.434. The minimum atomic E-state index is -4.82. The molecule has 0 unspecified atom stereocenters. The van der Waals surface area contributed by atoms with Crippen LogP contribution in [0.5, 0.6) is 0 Å². The number of ether oxygens (including phenoxy) is 2. The van der Waals surface area contributed by atoms with E-state index in [2.05, 4.69) is 0 Å². The van der Waals surface area contributed by atoms with Crippen LogP contribution in [0.3, 0.4) is 0 Å². The zero-order valence-electron chi connectivity index (χ0n) is 16.9. The van der Waals surface area contributed by atoms with Crippen LogP contribution in [0.1, 0.15) is 62.6 Å². The van der Waals surface area contributed by atoms with E-state index in [1.165, 1.54) is 0 Å². The van der Waals surface area contributed by atoms with Gasteiger partial charge in [0.1, 0.15) is 0 Å². The first kappa shape index (κ1) is 25.9. The predicted octanol–water partition coefficient (Wildman–Crippen LogP) is 5.24. The highest BCUT2D eigenvalue weighted by atomic mass is 28.2. The van der Waals surface area contributed by atoms with Crippen molar-refractivity contribution in [2.24, 2.45) is 0 Å². The van der Waals surface area contributed by atoms with E-state index in [1.54, 1.807) is 0 Å². The maximum atomic E-state index is 12.9. The summed E-state index contributed by atoms with van der Waals surface area (Å²) in [4.78, 5) is 0. The number of hydrogen-bond acceptors (Lipinski definition) is 3. The van der Waals surface area contributed by atoms with Crippen molar-refractivity contribution in [3.63, 3.8) is 0 Å². The van der Waals surface area contributed by atoms with E-state index in [9.17, 15) is 26.3 Å². The number of alkyl halides is 6. The van der Waals surface area contributed by atoms with Gasteiger partial charge in [0.15, 0.2) is 10.5 Å². The Morgan fingerprint density at radius 2 is 1.24 bits per heavy atom. The molecular weight excluding hydrogens is 418 g/mol. The lowest BCUT2D eigenvalue weighted by Crippen LogP contribution is -2.38. The molecule has 0 N–H and O–H groups in total. The summed E-state index contributed by atoms with van der Waals surface area (Å²) in [5.74, 6) is -1.06. The molecule has 0 radical (unpaired) electrons. The predicted molar refractivity (Wildman–Crippen MR) is 100 cm³/mol. The lowest BCUT2D eigenvalue weighted by Gasteiger charge is -2.31. The first-order valence-electron chi connectivity index (χ1n) is 9.59. The van der Waals surface area contributed by atoms with Crippen LogP contribution in [-0.4, -0.2) is 29.7 Å². The zero-order valence-corrected chi connectivity index (χ0v) is 18.9. The molecule has 0 heterocycles. The number of hydrogen-bond donors (Lipinski definition) is 0. The van der Waals surface area contributed by atoms with Gasteiger partial charge in [-0.3, -0.25) is 0 Å². The Labute approximate surface area is 170 Å². The molecule has 0 aliphatic rings. The highest BCUT2D eigenvalue weighted by molar-refractivity contribution is 5.98. The molecule has 29 heavy (non-hydrogen) atoms. The Morgan fingerprint density at radius 3 is 1.66 bits per heavy atom. The molecule has 1 rings (SSSR count). The van der Waals surface area contributed by atoms with Gasteiger partial charge in [0, 0.05) is 19.6 Å². The standard InChI is InChI=1S/C19H28F6O3Si/c1-3-26-17(28-29,27-4-2)10-8-6-5-7-9-14-11-15(18(20,21)22)13-16(12-14)19(23,24)25/h11-13H,3-10H2,1-2,29H3. The van der Waals surface area contributed by atoms with Crippen LogP contribution in [0.15, 0.2) is 18.2 Å². The van der Waals surface area contributed by atoms with Gasteiger partial charge < -0.3 is 13.9 Å². The van der Waals surface area contributed by atoms with Crippen molar-refractivity contribution in [3.05, 3.63) is 34.9 Å². The molecule has 0 amide bonds. The van der Waals surface area contributed by atoms with Gasteiger partial charge in [0.05, 0.1) is 11.1 Å². The van der Waals surface area contributed by atoms with E-state index in [0.717, 1.165) is 18.6 Å². The van der Waals surface area contributed by atoms with Crippen LogP contribution < -0.4 is 0 Å². The van der Waals surface area contributed by atoms with Crippen molar-refractivity contribution in [2.45, 2.75) is 70.7 Å². The van der Waals surface area contributed by atoms with E-state index >= 15 is 0 Å². The van der Waals surface area contributed by atoms with Gasteiger partial charge in [-0.15, -0.1) is 0 Å². The topological polar surface area (TPSA) is 27.7 Å². The number of benzene rings is 1. The molecule has 1 aromatic rings. The molecule has 0 fully saturated rings. The molecule has 168 valence electrons. The first-order valence-corrected chi connectivity index (χ1v) is 10.4. The molecule has 0 saturated carbocycles. The van der Waals surface area contributed by atoms with Crippen LogP contribution >= 0.6 is 0 Å². The van der Waals surface area contributed by atoms with Crippen LogP contribution in [0.4, 0.5) is 26.3 Å². The molecule has 0 aromatic heterocycles. The van der Waals surface area contributed by atoms with E-state index in [-0.39, 0.29) is 18.1 Å². The zero-order chi connectivity index (χ0) is 22.1. The Bertz CT molecular complexity index is 581. The second-order valence-corrected chi connectivity index (χ2v) is 6.99. The van der Waals surface area contributed by atoms with Gasteiger partial charge in [-0.25, -0.2) is 0 Å². The second kappa shape index (κ2) is 11.3. The second-order valence-electron chi connectivity index (χ2n) is 6.58. The molecular formula is C19H28F6O3Si. The summed E-state index contributed by atoms with van der Waals surface area (Å²) in [6.07, 6.45) is -6.39. The number of unbranched alkanes of at least 4 members (excludes halogenated alkanes) is 3. The monoisotopic (exact) mass is 446 g/mol. The Morgan fingerprint density at radius 1 is 0.759 bits per heavy atom. The lowest BCUT2D eigenvalue weighted by molar-refractivity contribution is -0.344. The third kappa shape index (κ3) is 8.65. The van der Waals surface area contributed by atoms with Crippen molar-refractivity contribution in [1.29, 1.82) is 0 Å². The Balaban J connectivity index is 2.62. The third-order valence-electron chi connectivity index (χ3n) is 4.39. The van der Waals surface area contributed by atoms with E-state index in [0.29, 0.717) is 49.4 Å². The maximum absolute atomic E-state index is 12.9. The summed E-state index contributed by atoms with van der Waals surface area (Å²) >= 11 is 0. The number of halogens is 6. The lowest BCUT2D eigenvalue weighted by atomic mass is 9.99. The van der Waals surface area contributed by atoms with Crippen LogP contribution in [0, 0.1) is 0 Å². The van der Waals surface area contributed by atoms with E-state index in [1.807, 2.05) is 13.8 Å². The molecule has 0 atom stereocenters. The van der Waals surface area contributed by atoms with Crippen LogP contribution in [0.25, 0.3) is 0 Å². The highest BCUT2D eigenvalue weighted by Crippen LogP contribution is 2.36. The fourth-order valence-corrected chi connectivity index (χ4v) is 3.47. The van der Waals surface area contributed by atoms with Gasteiger partial charge in [-0.05, 0) is 56.9 Å². The molecule has 1 aromatic carbocycles. The minimum absolute atomic E-state index is 0.0352. The Hall–Kier alpha value is -1.10. The van der Waals surface area contributed by atoms with Crippen molar-refractivity contribution in [2.75, 3.05) is 13.2 Å². The van der Waals surface area contributed by atoms with Gasteiger partial charge in [0.2, 0.25) is 0 Å². The molecule has 0 aliphatic heterocycles. The third-order valence-corrected chi connectivity index (χ3v) is 5.01. The highest BCUT2D eigenvalue weighted by Gasteiger charge is 2.36. The number of aryl methyl sites for hydroxylation is 1. The molecule has 0 saturated heterocycles. The van der Waals surface area contributed by atoms with E-state index < -0.39 is 29.5 Å². The molecule has 3 nitrogen and oxygen atoms in total. The van der Waals surface area contributed by atoms with Gasteiger partial charge >= 0.3 is 12.4 Å². The summed E-state index contributed by atoms with van der Waals surface area (Å²) in [6, 6.07) is 1.73. The summed E-state index contributed by atoms with van der Waals surface area (Å²) in [6.45, 7) is 4.52. The average Bonchev–Trinajstić information content (AvgIpc) is 2.63. The summed E-state index contributed by atoms with van der Waals surface area (Å²) in [5, 5.41) is 0. The summed E-state index contributed by atoms with van der Waals surface area (Å²) in [5.41, 5.74) is -2.51. The smallest absolute Gasteiger partial charge is 0.380 e. The quantitative estimate of drug-likeness (QED) is 0.190. The van der Waals surface area contributed by atoms with Crippen molar-refractivity contribution >= 4 is 10.5 Å². The average molecular weight is 447 g/mol. The molecule has 0 aliphatic carbocycles. The van der Waals surface area contributed by atoms with Crippen LogP contribution in [0.2, 0.25) is 0 Å². The van der Waals surface area contributed by atoms with Crippen molar-refractivity contribution < 1.29 is 40.2 Å². The fourth-order valence-electron chi connectivity index (χ4n) is 3.03. The van der Waals surface area contributed by atoms with Gasteiger partial charge in [-0.1, -0.05) is 12.8 Å². The minimum Gasteiger partial charge on any atom is -0.380 e. The van der Waals surface area contributed by atoms with Crippen molar-refractivity contribution in [1.82, 2.24) is 0 Å². The van der Waals surface area contributed by atoms with Gasteiger partial charge in [-0.2, -0.15) is 26.3 Å². The van der Waals surface area contributed by atoms with Crippen LogP contribution in [-0.2, 0) is 32.7 Å². The molecule has 0 spiro atoms. The molecule has 10 heteroatoms. The normalized spacial score (nSPS) is 13.2. The van der Waals surface area contributed by atoms with Crippen molar-refractivity contribution in [3.8, 4) is 0 Å². The Kier molecular flexibility index (Phi) is 10.1. The first-order chi connectivity index (χ1) is 13.5. The maximum Gasteiger partial charge on any atom is 0.416 e. The number of rotatable bonds is 12. The summed E-state index contributed by atoms with van der Waals surface area (Å²) < 4.78 is 94.0. The van der Waals surface area contributed by atoms with Gasteiger partial charge in [0.25, 0.3) is 5.97 Å².